The van der Waals surface area contributed by atoms with Crippen LogP contribution in [0.2, 0.25) is 0 Å². The Kier molecular flexibility index (Phi) is 6.12. The van der Waals surface area contributed by atoms with Gasteiger partial charge in [-0.05, 0) is 31.2 Å². The highest BCUT2D eigenvalue weighted by Gasteiger charge is 2.24. The normalized spacial score (nSPS) is 18.7. The van der Waals surface area contributed by atoms with Crippen molar-refractivity contribution in [2.45, 2.75) is 39.0 Å². The molecule has 0 spiro atoms. The molecular weight excluding hydrogens is 230 g/mol. The highest BCUT2D eigenvalue weighted by atomic mass is 16.2. The highest BCUT2D eigenvalue weighted by Crippen LogP contribution is 2.21. The lowest BCUT2D eigenvalue weighted by Crippen LogP contribution is -2.40. The minimum absolute atomic E-state index is 0.199. The van der Waals surface area contributed by atoms with Gasteiger partial charge >= 0.3 is 0 Å². The third-order valence-corrected chi connectivity index (χ3v) is 3.83. The molecule has 1 fully saturated rings. The molecule has 0 aromatic rings. The van der Waals surface area contributed by atoms with E-state index in [0.29, 0.717) is 31.2 Å². The quantitative estimate of drug-likeness (QED) is 0.723. The van der Waals surface area contributed by atoms with Gasteiger partial charge in [0.2, 0.25) is 11.8 Å². The third kappa shape index (κ3) is 4.64. The van der Waals surface area contributed by atoms with Crippen LogP contribution in [0.25, 0.3) is 0 Å². The van der Waals surface area contributed by atoms with Gasteiger partial charge in [-0.3, -0.25) is 9.59 Å². The van der Waals surface area contributed by atoms with Gasteiger partial charge in [-0.15, -0.1) is 0 Å². The second kappa shape index (κ2) is 7.36. The van der Waals surface area contributed by atoms with Crippen LogP contribution < -0.4 is 11.5 Å². The summed E-state index contributed by atoms with van der Waals surface area (Å²) in [6.07, 6.45) is 3.71. The molecule has 1 aliphatic heterocycles. The molecule has 1 atom stereocenters. The molecule has 0 aliphatic carbocycles. The lowest BCUT2D eigenvalue weighted by molar-refractivity contribution is -0.133. The van der Waals surface area contributed by atoms with Crippen LogP contribution in [0.15, 0.2) is 0 Å². The van der Waals surface area contributed by atoms with Crippen molar-refractivity contribution >= 4 is 11.8 Å². The first-order valence-corrected chi connectivity index (χ1v) is 6.82. The van der Waals surface area contributed by atoms with E-state index < -0.39 is 0 Å². The first-order chi connectivity index (χ1) is 8.56. The van der Waals surface area contributed by atoms with Crippen LogP contribution in [0.5, 0.6) is 0 Å². The summed E-state index contributed by atoms with van der Waals surface area (Å²) in [5.74, 6) is 0.600. The molecule has 0 bridgehead atoms. The van der Waals surface area contributed by atoms with E-state index in [1.165, 1.54) is 0 Å². The maximum absolute atomic E-state index is 12.0. The van der Waals surface area contributed by atoms with Crippen molar-refractivity contribution in [1.29, 1.82) is 0 Å². The fourth-order valence-electron chi connectivity index (χ4n) is 2.44. The van der Waals surface area contributed by atoms with Gasteiger partial charge < -0.3 is 16.4 Å². The Bertz CT molecular complexity index is 282. The lowest BCUT2D eigenvalue weighted by Gasteiger charge is -2.32. The van der Waals surface area contributed by atoms with Crippen molar-refractivity contribution in [1.82, 2.24) is 4.90 Å². The summed E-state index contributed by atoms with van der Waals surface area (Å²) >= 11 is 0. The van der Waals surface area contributed by atoms with Crippen LogP contribution in [0.1, 0.15) is 39.0 Å². The average Bonchev–Trinajstić information content (AvgIpc) is 2.35. The molecule has 0 radical (unpaired) electrons. The second-order valence-electron chi connectivity index (χ2n) is 5.21. The van der Waals surface area contributed by atoms with Crippen LogP contribution in [0.3, 0.4) is 0 Å². The van der Waals surface area contributed by atoms with Gasteiger partial charge in [-0.2, -0.15) is 0 Å². The molecular formula is C13H25N3O2. The Labute approximate surface area is 109 Å². The molecule has 5 nitrogen and oxygen atoms in total. The summed E-state index contributed by atoms with van der Waals surface area (Å²) in [4.78, 5) is 24.8. The zero-order chi connectivity index (χ0) is 13.5. The van der Waals surface area contributed by atoms with Gasteiger partial charge in [0.05, 0.1) is 0 Å². The van der Waals surface area contributed by atoms with Crippen molar-refractivity contribution in [2.75, 3.05) is 19.6 Å². The minimum atomic E-state index is -0.242. The van der Waals surface area contributed by atoms with Gasteiger partial charge in [0.15, 0.2) is 0 Å². The van der Waals surface area contributed by atoms with E-state index in [-0.39, 0.29) is 11.8 Å². The number of carbonyl (C=O) groups is 2. The number of rotatable bonds is 6. The number of amides is 2. The predicted octanol–water partition coefficient (Wildman–Crippen LogP) is 0.475. The zero-order valence-corrected chi connectivity index (χ0v) is 11.2. The third-order valence-electron chi connectivity index (χ3n) is 3.83. The summed E-state index contributed by atoms with van der Waals surface area (Å²) in [7, 11) is 0. The molecule has 4 N–H and O–H groups in total. The van der Waals surface area contributed by atoms with E-state index in [4.69, 9.17) is 11.5 Å². The van der Waals surface area contributed by atoms with Gasteiger partial charge in [-0.1, -0.05) is 13.3 Å². The van der Waals surface area contributed by atoms with Crippen LogP contribution in [0, 0.1) is 11.8 Å². The van der Waals surface area contributed by atoms with Crippen LogP contribution in [0.4, 0.5) is 0 Å². The predicted molar refractivity (Wildman–Crippen MR) is 70.6 cm³/mol. The summed E-state index contributed by atoms with van der Waals surface area (Å²) in [6.45, 7) is 4.12. The molecule has 104 valence electrons. The first-order valence-electron chi connectivity index (χ1n) is 6.82. The van der Waals surface area contributed by atoms with E-state index in [1.807, 2.05) is 4.90 Å². The van der Waals surface area contributed by atoms with Crippen LogP contribution in [-0.4, -0.2) is 36.3 Å². The molecule has 1 aliphatic rings. The smallest absolute Gasteiger partial charge is 0.222 e. The fourth-order valence-corrected chi connectivity index (χ4v) is 2.44. The second-order valence-corrected chi connectivity index (χ2v) is 5.21. The summed E-state index contributed by atoms with van der Waals surface area (Å²) < 4.78 is 0. The summed E-state index contributed by atoms with van der Waals surface area (Å²) in [5.41, 5.74) is 10.8. The molecule has 18 heavy (non-hydrogen) atoms. The van der Waals surface area contributed by atoms with E-state index in [1.54, 1.807) is 0 Å². The molecule has 1 unspecified atom stereocenters. The molecule has 1 heterocycles. The van der Waals surface area contributed by atoms with Crippen molar-refractivity contribution in [2.24, 2.45) is 23.3 Å². The Morgan fingerprint density at radius 2 is 1.94 bits per heavy atom. The molecule has 0 saturated carbocycles. The molecule has 5 heteroatoms. The first kappa shape index (κ1) is 15.0. The maximum Gasteiger partial charge on any atom is 0.222 e. The van der Waals surface area contributed by atoms with Crippen molar-refractivity contribution in [3.63, 3.8) is 0 Å². The van der Waals surface area contributed by atoms with E-state index in [2.05, 4.69) is 6.92 Å². The molecule has 1 rings (SSSR count). The van der Waals surface area contributed by atoms with Gasteiger partial charge in [0.1, 0.15) is 0 Å². The Morgan fingerprint density at radius 1 is 1.33 bits per heavy atom. The number of piperidine rings is 1. The van der Waals surface area contributed by atoms with Gasteiger partial charge in [-0.25, -0.2) is 0 Å². The average molecular weight is 255 g/mol. The van der Waals surface area contributed by atoms with Crippen molar-refractivity contribution in [3.05, 3.63) is 0 Å². The number of hydrogen-bond acceptors (Lipinski definition) is 3. The molecule has 1 saturated heterocycles. The highest BCUT2D eigenvalue weighted by molar-refractivity contribution is 5.76. The van der Waals surface area contributed by atoms with Crippen molar-refractivity contribution in [3.8, 4) is 0 Å². The number of nitrogens with zero attached hydrogens (tertiary/aromatic N) is 1. The van der Waals surface area contributed by atoms with E-state index in [9.17, 15) is 9.59 Å². The van der Waals surface area contributed by atoms with Gasteiger partial charge in [0, 0.05) is 25.9 Å². The number of likely N-dealkylation sites (tertiary alicyclic amines) is 1. The maximum atomic E-state index is 12.0. The Hall–Kier alpha value is -1.10. The van der Waals surface area contributed by atoms with Crippen molar-refractivity contribution < 1.29 is 9.59 Å². The lowest BCUT2D eigenvalue weighted by atomic mass is 9.92. The minimum Gasteiger partial charge on any atom is -0.370 e. The van der Waals surface area contributed by atoms with Crippen LogP contribution in [-0.2, 0) is 9.59 Å². The summed E-state index contributed by atoms with van der Waals surface area (Å²) in [6, 6.07) is 0. The Balaban J connectivity index is 2.33. The molecule has 2 amide bonds. The number of primary amides is 1. The topological polar surface area (TPSA) is 89.4 Å². The molecule has 0 aromatic heterocycles. The SMILES string of the molecule is CCC(CN)CC(=O)N1CCC(CC(N)=O)CC1. The van der Waals surface area contributed by atoms with Crippen LogP contribution >= 0.6 is 0 Å². The standard InChI is InChI=1S/C13H25N3O2/c1-2-10(9-14)8-13(18)16-5-3-11(4-6-16)7-12(15)17/h10-11H,2-9,14H2,1H3,(H2,15,17). The summed E-state index contributed by atoms with van der Waals surface area (Å²) in [5, 5.41) is 0. The van der Waals surface area contributed by atoms with E-state index >= 15 is 0 Å². The molecule has 0 aromatic carbocycles. The number of hydrogen-bond donors (Lipinski definition) is 2. The monoisotopic (exact) mass is 255 g/mol. The van der Waals surface area contributed by atoms with Gasteiger partial charge in [0.25, 0.3) is 0 Å². The van der Waals surface area contributed by atoms with E-state index in [0.717, 1.165) is 32.4 Å². The Morgan fingerprint density at radius 3 is 2.39 bits per heavy atom. The zero-order valence-electron chi connectivity index (χ0n) is 11.2. The number of nitrogens with two attached hydrogens (primary N) is 2. The number of carbonyl (C=O) groups excluding carboxylic acids is 2. The largest absolute Gasteiger partial charge is 0.370 e. The fraction of sp³-hybridized carbons (Fsp3) is 0.846.